The quantitative estimate of drug-likeness (QED) is 0.777. The largest absolute Gasteiger partial charge is 0.449 e. The molecule has 0 radical (unpaired) electrons. The highest BCUT2D eigenvalue weighted by Gasteiger charge is 2.35. The predicted octanol–water partition coefficient (Wildman–Crippen LogP) is 2.82. The minimum absolute atomic E-state index is 0.372. The number of aromatic nitrogens is 2. The van der Waals surface area contributed by atoms with E-state index in [0.29, 0.717) is 24.9 Å². The fourth-order valence-corrected chi connectivity index (χ4v) is 3.37. The van der Waals surface area contributed by atoms with Crippen LogP contribution >= 0.6 is 0 Å². The van der Waals surface area contributed by atoms with E-state index in [2.05, 4.69) is 16.5 Å². The number of nitriles is 1. The molecule has 1 atom stereocenters. The van der Waals surface area contributed by atoms with Crippen LogP contribution in [-0.4, -0.2) is 33.3 Å². The predicted molar refractivity (Wildman–Crippen MR) is 102 cm³/mol. The van der Waals surface area contributed by atoms with Crippen molar-refractivity contribution in [1.82, 2.24) is 15.1 Å². The molecular weight excluding hydrogens is 356 g/mol. The molecule has 1 heterocycles. The topological polar surface area (TPSA) is 97.0 Å². The van der Waals surface area contributed by atoms with Crippen LogP contribution in [0, 0.1) is 11.3 Å². The first-order valence-corrected chi connectivity index (χ1v) is 9.52. The Bertz CT molecular complexity index is 847. The molecule has 1 aliphatic carbocycles. The molecule has 0 spiro atoms. The molecule has 0 bridgehead atoms. The molecule has 1 amide bonds. The first-order valence-electron chi connectivity index (χ1n) is 9.52. The number of carbonyl (C=O) groups is 2. The Balaban J connectivity index is 1.56. The number of esters is 1. The second kappa shape index (κ2) is 8.70. The zero-order valence-electron chi connectivity index (χ0n) is 15.9. The second-order valence-electron chi connectivity index (χ2n) is 7.19. The molecule has 1 aromatic carbocycles. The summed E-state index contributed by atoms with van der Waals surface area (Å²) >= 11 is 0. The van der Waals surface area contributed by atoms with Gasteiger partial charge in [-0.1, -0.05) is 31.4 Å². The van der Waals surface area contributed by atoms with Gasteiger partial charge in [-0.3, -0.25) is 9.48 Å². The summed E-state index contributed by atoms with van der Waals surface area (Å²) in [4.78, 5) is 24.8. The summed E-state index contributed by atoms with van der Waals surface area (Å²) in [6.07, 6.45) is 6.76. The van der Waals surface area contributed by atoms with Crippen molar-refractivity contribution in [2.45, 2.75) is 57.2 Å². The Morgan fingerprint density at radius 2 is 2.00 bits per heavy atom. The minimum atomic E-state index is -0.969. The van der Waals surface area contributed by atoms with Crippen LogP contribution in [0.1, 0.15) is 54.9 Å². The normalized spacial score (nSPS) is 16.6. The molecule has 1 unspecified atom stereocenters. The summed E-state index contributed by atoms with van der Waals surface area (Å²) in [5.74, 6) is -1.00. The third kappa shape index (κ3) is 4.77. The maximum Gasteiger partial charge on any atom is 0.338 e. The van der Waals surface area contributed by atoms with Gasteiger partial charge in [-0.25, -0.2) is 4.79 Å². The first kappa shape index (κ1) is 19.6. The third-order valence-electron chi connectivity index (χ3n) is 5.03. The maximum atomic E-state index is 12.4. The lowest BCUT2D eigenvalue weighted by molar-refractivity contribution is -0.130. The number of hydrogen-bond donors (Lipinski definition) is 1. The highest BCUT2D eigenvalue weighted by atomic mass is 16.5. The van der Waals surface area contributed by atoms with Gasteiger partial charge in [0.1, 0.15) is 5.54 Å². The van der Waals surface area contributed by atoms with Crippen molar-refractivity contribution >= 4 is 11.9 Å². The van der Waals surface area contributed by atoms with E-state index in [9.17, 15) is 14.9 Å². The average molecular weight is 380 g/mol. The second-order valence-corrected chi connectivity index (χ2v) is 7.19. The van der Waals surface area contributed by atoms with E-state index in [-0.39, 0.29) is 0 Å². The summed E-state index contributed by atoms with van der Waals surface area (Å²) in [7, 11) is 0. The lowest BCUT2D eigenvalue weighted by Gasteiger charge is -2.32. The number of nitrogens with one attached hydrogen (secondary N) is 1. The van der Waals surface area contributed by atoms with Gasteiger partial charge in [0.15, 0.2) is 6.10 Å². The summed E-state index contributed by atoms with van der Waals surface area (Å²) in [5, 5.41) is 16.4. The third-order valence-corrected chi connectivity index (χ3v) is 5.03. The first-order chi connectivity index (χ1) is 13.5. The SMILES string of the molecule is CC(OC(=O)c1ccc(Cn2cccn2)cc1)C(=O)NC1(C#N)CCCCC1. The number of carbonyl (C=O) groups excluding carboxylic acids is 2. The Morgan fingerprint density at radius 1 is 1.29 bits per heavy atom. The Labute approximate surface area is 164 Å². The molecule has 0 saturated heterocycles. The molecule has 1 saturated carbocycles. The molecule has 146 valence electrons. The van der Waals surface area contributed by atoms with Gasteiger partial charge in [-0.2, -0.15) is 10.4 Å². The van der Waals surface area contributed by atoms with Crippen LogP contribution in [0.5, 0.6) is 0 Å². The fraction of sp³-hybridized carbons (Fsp3) is 0.429. The Hall–Kier alpha value is -3.14. The van der Waals surface area contributed by atoms with Gasteiger partial charge in [-0.05, 0) is 43.5 Å². The van der Waals surface area contributed by atoms with Gasteiger partial charge in [0.2, 0.25) is 0 Å². The van der Waals surface area contributed by atoms with Crippen molar-refractivity contribution in [1.29, 1.82) is 5.26 Å². The standard InChI is InChI=1S/C21H24N4O3/c1-16(19(26)24-21(15-22)10-3-2-4-11-21)28-20(27)18-8-6-17(7-9-18)14-25-13-5-12-23-25/h5-9,12-13,16H,2-4,10-11,14H2,1H3,(H,24,26). The van der Waals surface area contributed by atoms with Gasteiger partial charge < -0.3 is 10.1 Å². The van der Waals surface area contributed by atoms with E-state index in [1.807, 2.05) is 24.4 Å². The molecule has 3 rings (SSSR count). The van der Waals surface area contributed by atoms with E-state index in [4.69, 9.17) is 4.74 Å². The van der Waals surface area contributed by atoms with Crippen molar-refractivity contribution in [3.63, 3.8) is 0 Å². The van der Waals surface area contributed by atoms with Crippen LogP contribution in [0.2, 0.25) is 0 Å². The van der Waals surface area contributed by atoms with Crippen LogP contribution in [0.3, 0.4) is 0 Å². The summed E-state index contributed by atoms with van der Waals surface area (Å²) in [5.41, 5.74) is 0.528. The van der Waals surface area contributed by atoms with Crippen molar-refractivity contribution in [2.75, 3.05) is 0 Å². The zero-order valence-corrected chi connectivity index (χ0v) is 15.9. The number of ether oxygens (including phenoxy) is 1. The molecule has 7 nitrogen and oxygen atoms in total. The van der Waals surface area contributed by atoms with Crippen LogP contribution in [-0.2, 0) is 16.1 Å². The molecule has 1 N–H and O–H groups in total. The molecule has 0 aliphatic heterocycles. The van der Waals surface area contributed by atoms with E-state index in [0.717, 1.165) is 24.8 Å². The summed E-state index contributed by atoms with van der Waals surface area (Å²) in [6.45, 7) is 2.13. The van der Waals surface area contributed by atoms with Gasteiger partial charge in [0, 0.05) is 12.4 Å². The number of benzene rings is 1. The number of nitrogens with zero attached hydrogens (tertiary/aromatic N) is 3. The molecule has 1 aliphatic rings. The Kier molecular flexibility index (Phi) is 6.09. The molecule has 1 aromatic heterocycles. The lowest BCUT2D eigenvalue weighted by Crippen LogP contribution is -2.52. The Morgan fingerprint density at radius 3 is 2.61 bits per heavy atom. The molecule has 1 fully saturated rings. The number of rotatable bonds is 6. The fourth-order valence-electron chi connectivity index (χ4n) is 3.37. The van der Waals surface area contributed by atoms with E-state index < -0.39 is 23.5 Å². The van der Waals surface area contributed by atoms with Crippen molar-refractivity contribution in [3.05, 3.63) is 53.9 Å². The van der Waals surface area contributed by atoms with E-state index in [1.165, 1.54) is 6.92 Å². The van der Waals surface area contributed by atoms with Gasteiger partial charge >= 0.3 is 5.97 Å². The molecule has 2 aromatic rings. The molecule has 7 heteroatoms. The maximum absolute atomic E-state index is 12.4. The van der Waals surface area contributed by atoms with Crippen LogP contribution in [0.4, 0.5) is 0 Å². The molecule has 28 heavy (non-hydrogen) atoms. The minimum Gasteiger partial charge on any atom is -0.449 e. The highest BCUT2D eigenvalue weighted by molar-refractivity contribution is 5.92. The van der Waals surface area contributed by atoms with Crippen LogP contribution in [0.15, 0.2) is 42.7 Å². The van der Waals surface area contributed by atoms with Gasteiger partial charge in [-0.15, -0.1) is 0 Å². The monoisotopic (exact) mass is 380 g/mol. The van der Waals surface area contributed by atoms with Gasteiger partial charge in [0.05, 0.1) is 18.2 Å². The van der Waals surface area contributed by atoms with E-state index >= 15 is 0 Å². The van der Waals surface area contributed by atoms with Gasteiger partial charge in [0.25, 0.3) is 5.91 Å². The number of amides is 1. The van der Waals surface area contributed by atoms with Crippen LogP contribution < -0.4 is 5.32 Å². The van der Waals surface area contributed by atoms with Crippen molar-refractivity contribution < 1.29 is 14.3 Å². The lowest BCUT2D eigenvalue weighted by atomic mass is 9.83. The van der Waals surface area contributed by atoms with E-state index in [1.54, 1.807) is 23.0 Å². The highest BCUT2D eigenvalue weighted by Crippen LogP contribution is 2.27. The molecular formula is C21H24N4O3. The summed E-state index contributed by atoms with van der Waals surface area (Å²) in [6, 6.07) is 11.1. The number of hydrogen-bond acceptors (Lipinski definition) is 5. The average Bonchev–Trinajstić information content (AvgIpc) is 3.22. The van der Waals surface area contributed by atoms with Crippen LogP contribution in [0.25, 0.3) is 0 Å². The van der Waals surface area contributed by atoms with Crippen molar-refractivity contribution in [2.24, 2.45) is 0 Å². The smallest absolute Gasteiger partial charge is 0.338 e. The summed E-state index contributed by atoms with van der Waals surface area (Å²) < 4.78 is 7.08. The van der Waals surface area contributed by atoms with Crippen molar-refractivity contribution in [3.8, 4) is 6.07 Å². The zero-order chi connectivity index (χ0) is 20.0.